The minimum absolute atomic E-state index is 0.143. The van der Waals surface area contributed by atoms with Gasteiger partial charge >= 0.3 is 6.18 Å². The van der Waals surface area contributed by atoms with Crippen LogP contribution < -0.4 is 5.73 Å². The maximum absolute atomic E-state index is 13.0. The third-order valence-electron chi connectivity index (χ3n) is 4.33. The molecule has 4 aromatic heterocycles. The molecular weight excluding hydrogens is 367 g/mol. The molecule has 1 unspecified atom stereocenters. The monoisotopic (exact) mass is 383 g/mol. The van der Waals surface area contributed by atoms with Crippen LogP contribution in [0.5, 0.6) is 0 Å². The normalized spacial score (nSPS) is 13.0. The summed E-state index contributed by atoms with van der Waals surface area (Å²) in [6.07, 6.45) is -1.14. The van der Waals surface area contributed by atoms with Crippen molar-refractivity contribution in [1.29, 1.82) is 0 Å². The van der Waals surface area contributed by atoms with Crippen LogP contribution in [-0.4, -0.2) is 19.4 Å². The molecule has 28 heavy (non-hydrogen) atoms. The lowest BCUT2D eigenvalue weighted by Crippen LogP contribution is -2.08. The Bertz CT molecular complexity index is 1150. The van der Waals surface area contributed by atoms with Gasteiger partial charge in [-0.05, 0) is 43.3 Å². The number of aromatic nitrogens is 4. The van der Waals surface area contributed by atoms with E-state index in [-0.39, 0.29) is 11.7 Å². The zero-order valence-corrected chi connectivity index (χ0v) is 14.9. The summed E-state index contributed by atoms with van der Waals surface area (Å²) >= 11 is 0. The standard InChI is InChI=1S/C20H16F3N5/c1-12(24)15-4-2-5-16(26-15)13-8-9-14-10-25-19(28(14)11-13)17-6-3-7-18(27-17)20(21,22)23/h2-12H,24H2,1H3. The summed E-state index contributed by atoms with van der Waals surface area (Å²) in [6, 6.07) is 12.8. The second-order valence-electron chi connectivity index (χ2n) is 6.44. The van der Waals surface area contributed by atoms with Gasteiger partial charge in [-0.2, -0.15) is 13.2 Å². The van der Waals surface area contributed by atoms with Crippen LogP contribution in [0.2, 0.25) is 0 Å². The number of halogens is 3. The summed E-state index contributed by atoms with van der Waals surface area (Å²) in [5.41, 5.74) is 8.09. The zero-order valence-electron chi connectivity index (χ0n) is 14.9. The van der Waals surface area contributed by atoms with Crippen LogP contribution >= 0.6 is 0 Å². The van der Waals surface area contributed by atoms with E-state index in [1.165, 1.54) is 12.1 Å². The zero-order chi connectivity index (χ0) is 19.9. The topological polar surface area (TPSA) is 69.1 Å². The van der Waals surface area contributed by atoms with Crippen molar-refractivity contribution in [3.05, 3.63) is 72.3 Å². The fraction of sp³-hybridized carbons (Fsp3) is 0.150. The van der Waals surface area contributed by atoms with Gasteiger partial charge < -0.3 is 5.73 Å². The first-order valence-corrected chi connectivity index (χ1v) is 8.57. The Labute approximate surface area is 158 Å². The molecule has 2 N–H and O–H groups in total. The van der Waals surface area contributed by atoms with E-state index in [1.54, 1.807) is 16.8 Å². The van der Waals surface area contributed by atoms with Crippen molar-refractivity contribution in [2.75, 3.05) is 0 Å². The SMILES string of the molecule is CC(N)c1cccc(-c2ccc3cnc(-c4cccc(C(F)(F)F)n4)n3c2)n1. The summed E-state index contributed by atoms with van der Waals surface area (Å²) in [4.78, 5) is 12.6. The van der Waals surface area contributed by atoms with Crippen LogP contribution in [0.1, 0.15) is 24.4 Å². The Kier molecular flexibility index (Phi) is 4.35. The van der Waals surface area contributed by atoms with E-state index >= 15 is 0 Å². The van der Waals surface area contributed by atoms with Gasteiger partial charge in [0, 0.05) is 17.8 Å². The molecule has 142 valence electrons. The molecular formula is C20H16F3N5. The van der Waals surface area contributed by atoms with E-state index in [0.717, 1.165) is 22.8 Å². The van der Waals surface area contributed by atoms with E-state index in [1.807, 2.05) is 37.3 Å². The van der Waals surface area contributed by atoms with Gasteiger partial charge in [-0.25, -0.2) is 9.97 Å². The minimum Gasteiger partial charge on any atom is -0.323 e. The number of fused-ring (bicyclic) bond motifs is 1. The maximum atomic E-state index is 13.0. The first kappa shape index (κ1) is 18.1. The molecule has 8 heteroatoms. The molecule has 4 heterocycles. The first-order chi connectivity index (χ1) is 13.3. The van der Waals surface area contributed by atoms with Crippen LogP contribution in [0.25, 0.3) is 28.3 Å². The number of alkyl halides is 3. The lowest BCUT2D eigenvalue weighted by molar-refractivity contribution is -0.141. The summed E-state index contributed by atoms with van der Waals surface area (Å²) in [5.74, 6) is 0.325. The van der Waals surface area contributed by atoms with Crippen LogP contribution in [0, 0.1) is 0 Å². The Hall–Kier alpha value is -3.26. The average Bonchev–Trinajstić information content (AvgIpc) is 3.10. The third-order valence-corrected chi connectivity index (χ3v) is 4.33. The fourth-order valence-electron chi connectivity index (χ4n) is 2.91. The highest BCUT2D eigenvalue weighted by Gasteiger charge is 2.32. The maximum Gasteiger partial charge on any atom is 0.433 e. The number of hydrogen-bond donors (Lipinski definition) is 1. The quantitative estimate of drug-likeness (QED) is 0.566. The van der Waals surface area contributed by atoms with E-state index in [9.17, 15) is 13.2 Å². The second-order valence-corrected chi connectivity index (χ2v) is 6.44. The van der Waals surface area contributed by atoms with E-state index in [2.05, 4.69) is 15.0 Å². The van der Waals surface area contributed by atoms with Gasteiger partial charge in [-0.1, -0.05) is 12.1 Å². The van der Waals surface area contributed by atoms with Crippen molar-refractivity contribution in [2.45, 2.75) is 19.1 Å². The number of pyridine rings is 3. The summed E-state index contributed by atoms with van der Waals surface area (Å²) in [5, 5.41) is 0. The molecule has 0 spiro atoms. The third kappa shape index (κ3) is 3.34. The highest BCUT2D eigenvalue weighted by molar-refractivity contribution is 5.66. The van der Waals surface area contributed by atoms with Crippen LogP contribution in [0.3, 0.4) is 0 Å². The smallest absolute Gasteiger partial charge is 0.323 e. The highest BCUT2D eigenvalue weighted by atomic mass is 19.4. The predicted molar refractivity (Wildman–Crippen MR) is 99.3 cm³/mol. The Morgan fingerprint density at radius 2 is 1.71 bits per heavy atom. The molecule has 0 fully saturated rings. The molecule has 0 aliphatic heterocycles. The molecule has 0 aliphatic rings. The van der Waals surface area contributed by atoms with Gasteiger partial charge in [-0.3, -0.25) is 9.38 Å². The van der Waals surface area contributed by atoms with Crippen molar-refractivity contribution in [2.24, 2.45) is 5.73 Å². The molecule has 0 saturated heterocycles. The molecule has 4 rings (SSSR count). The van der Waals surface area contributed by atoms with E-state index in [4.69, 9.17) is 5.73 Å². The number of nitrogens with zero attached hydrogens (tertiary/aromatic N) is 4. The summed E-state index contributed by atoms with van der Waals surface area (Å²) in [6.45, 7) is 1.85. The molecule has 1 atom stereocenters. The summed E-state index contributed by atoms with van der Waals surface area (Å²) in [7, 11) is 0. The van der Waals surface area contributed by atoms with Gasteiger partial charge in [0.15, 0.2) is 5.82 Å². The van der Waals surface area contributed by atoms with Gasteiger partial charge in [0.2, 0.25) is 0 Å². The van der Waals surface area contributed by atoms with Gasteiger partial charge in [0.05, 0.1) is 23.1 Å². The Morgan fingerprint density at radius 1 is 0.964 bits per heavy atom. The molecule has 4 aromatic rings. The molecule has 0 aliphatic carbocycles. The molecule has 0 aromatic carbocycles. The molecule has 0 amide bonds. The van der Waals surface area contributed by atoms with Crippen LogP contribution in [0.4, 0.5) is 13.2 Å². The van der Waals surface area contributed by atoms with Gasteiger partial charge in [0.1, 0.15) is 11.4 Å². The number of hydrogen-bond acceptors (Lipinski definition) is 4. The lowest BCUT2D eigenvalue weighted by Gasteiger charge is -2.09. The Morgan fingerprint density at radius 3 is 2.46 bits per heavy atom. The predicted octanol–water partition coefficient (Wildman–Crippen LogP) is 4.50. The van der Waals surface area contributed by atoms with Crippen molar-refractivity contribution in [3.8, 4) is 22.8 Å². The van der Waals surface area contributed by atoms with Gasteiger partial charge in [-0.15, -0.1) is 0 Å². The lowest BCUT2D eigenvalue weighted by atomic mass is 10.1. The number of imidazole rings is 1. The van der Waals surface area contributed by atoms with Crippen molar-refractivity contribution >= 4 is 5.52 Å². The number of nitrogens with two attached hydrogens (primary N) is 1. The average molecular weight is 383 g/mol. The van der Waals surface area contributed by atoms with Crippen molar-refractivity contribution < 1.29 is 13.2 Å². The van der Waals surface area contributed by atoms with Crippen LogP contribution in [0.15, 0.2) is 60.9 Å². The van der Waals surface area contributed by atoms with E-state index in [0.29, 0.717) is 11.5 Å². The molecule has 5 nitrogen and oxygen atoms in total. The van der Waals surface area contributed by atoms with Crippen molar-refractivity contribution in [3.63, 3.8) is 0 Å². The second kappa shape index (κ2) is 6.72. The Balaban J connectivity index is 1.83. The molecule has 0 bridgehead atoms. The van der Waals surface area contributed by atoms with Gasteiger partial charge in [0.25, 0.3) is 0 Å². The first-order valence-electron chi connectivity index (χ1n) is 8.57. The van der Waals surface area contributed by atoms with Crippen LogP contribution in [-0.2, 0) is 6.18 Å². The van der Waals surface area contributed by atoms with Crippen molar-refractivity contribution in [1.82, 2.24) is 19.4 Å². The molecule has 0 saturated carbocycles. The molecule has 0 radical (unpaired) electrons. The fourth-order valence-corrected chi connectivity index (χ4v) is 2.91. The largest absolute Gasteiger partial charge is 0.433 e. The minimum atomic E-state index is -4.52. The number of rotatable bonds is 3. The highest BCUT2D eigenvalue weighted by Crippen LogP contribution is 2.30. The summed E-state index contributed by atoms with van der Waals surface area (Å²) < 4.78 is 40.7. The van der Waals surface area contributed by atoms with E-state index < -0.39 is 11.9 Å².